The Kier molecular flexibility index (Phi) is 4.60. The van der Waals surface area contributed by atoms with Gasteiger partial charge in [-0.15, -0.1) is 0 Å². The minimum atomic E-state index is 0.00592. The zero-order valence-electron chi connectivity index (χ0n) is 12.4. The van der Waals surface area contributed by atoms with Gasteiger partial charge >= 0.3 is 0 Å². The maximum absolute atomic E-state index is 12.1. The van der Waals surface area contributed by atoms with Crippen LogP contribution in [-0.2, 0) is 11.3 Å². The van der Waals surface area contributed by atoms with E-state index in [0.717, 1.165) is 24.2 Å². The molecule has 1 amide bonds. The molecule has 1 N–H and O–H groups in total. The predicted octanol–water partition coefficient (Wildman–Crippen LogP) is 1.11. The Morgan fingerprint density at radius 1 is 1.23 bits per heavy atom. The molecule has 2 aromatic rings. The highest BCUT2D eigenvalue weighted by Crippen LogP contribution is 2.13. The van der Waals surface area contributed by atoms with Crippen molar-refractivity contribution in [1.82, 2.24) is 20.1 Å². The maximum atomic E-state index is 12.1. The molecular weight excluding hydrogens is 278 g/mol. The first-order chi connectivity index (χ1) is 10.8. The molecular formula is C16H19N5O. The molecule has 1 aliphatic heterocycles. The number of carbonyl (C=O) groups excluding carboxylic acids is 1. The van der Waals surface area contributed by atoms with Gasteiger partial charge in [-0.2, -0.15) is 10.2 Å². The molecule has 0 saturated heterocycles. The molecule has 22 heavy (non-hydrogen) atoms. The predicted molar refractivity (Wildman–Crippen MR) is 84.4 cm³/mol. The molecule has 1 aromatic heterocycles. The van der Waals surface area contributed by atoms with Crippen molar-refractivity contribution in [2.75, 3.05) is 19.6 Å². The van der Waals surface area contributed by atoms with Gasteiger partial charge in [-0.25, -0.2) is 5.01 Å². The number of carbonyl (C=O) groups is 1. The van der Waals surface area contributed by atoms with Crippen molar-refractivity contribution < 1.29 is 4.79 Å². The second-order valence-electron chi connectivity index (χ2n) is 5.13. The lowest BCUT2D eigenvalue weighted by atomic mass is 10.1. The SMILES string of the molecule is O=C(CNCCn1cccn1)N1CCC(c2ccccc2)=N1. The van der Waals surface area contributed by atoms with Gasteiger partial charge in [-0.3, -0.25) is 9.48 Å². The molecule has 0 saturated carbocycles. The Morgan fingerprint density at radius 3 is 2.86 bits per heavy atom. The van der Waals surface area contributed by atoms with E-state index in [9.17, 15) is 4.79 Å². The number of hydrazone groups is 1. The van der Waals surface area contributed by atoms with Crippen molar-refractivity contribution in [1.29, 1.82) is 0 Å². The van der Waals surface area contributed by atoms with E-state index in [0.29, 0.717) is 19.6 Å². The molecule has 0 spiro atoms. The quantitative estimate of drug-likeness (QED) is 0.812. The van der Waals surface area contributed by atoms with Gasteiger partial charge < -0.3 is 5.32 Å². The smallest absolute Gasteiger partial charge is 0.256 e. The van der Waals surface area contributed by atoms with Crippen molar-refractivity contribution in [2.24, 2.45) is 5.10 Å². The van der Waals surface area contributed by atoms with E-state index >= 15 is 0 Å². The lowest BCUT2D eigenvalue weighted by molar-refractivity contribution is -0.129. The van der Waals surface area contributed by atoms with Crippen LogP contribution < -0.4 is 5.32 Å². The number of benzene rings is 1. The zero-order chi connectivity index (χ0) is 15.2. The molecule has 6 heteroatoms. The molecule has 3 rings (SSSR count). The summed E-state index contributed by atoms with van der Waals surface area (Å²) in [6.45, 7) is 2.41. The second kappa shape index (κ2) is 7.00. The lowest BCUT2D eigenvalue weighted by Crippen LogP contribution is -2.35. The summed E-state index contributed by atoms with van der Waals surface area (Å²) in [5, 5.41) is 13.2. The summed E-state index contributed by atoms with van der Waals surface area (Å²) in [4.78, 5) is 12.1. The van der Waals surface area contributed by atoms with Crippen LogP contribution in [0.2, 0.25) is 0 Å². The Hall–Kier alpha value is -2.47. The summed E-state index contributed by atoms with van der Waals surface area (Å²) in [7, 11) is 0. The van der Waals surface area contributed by atoms with Crippen molar-refractivity contribution >= 4 is 11.6 Å². The summed E-state index contributed by atoms with van der Waals surface area (Å²) < 4.78 is 1.83. The van der Waals surface area contributed by atoms with Crippen LogP contribution in [0.25, 0.3) is 0 Å². The van der Waals surface area contributed by atoms with E-state index in [2.05, 4.69) is 15.5 Å². The number of rotatable bonds is 6. The molecule has 114 valence electrons. The van der Waals surface area contributed by atoms with Gasteiger partial charge in [0, 0.05) is 25.4 Å². The van der Waals surface area contributed by atoms with Crippen LogP contribution in [-0.4, -0.2) is 46.0 Å². The van der Waals surface area contributed by atoms with E-state index < -0.39 is 0 Å². The number of nitrogens with one attached hydrogen (secondary N) is 1. The Morgan fingerprint density at radius 2 is 2.09 bits per heavy atom. The van der Waals surface area contributed by atoms with Crippen LogP contribution in [0.1, 0.15) is 12.0 Å². The Labute approximate surface area is 129 Å². The lowest BCUT2D eigenvalue weighted by Gasteiger charge is -2.12. The Bertz CT molecular complexity index is 636. The fraction of sp³-hybridized carbons (Fsp3) is 0.312. The van der Waals surface area contributed by atoms with E-state index in [4.69, 9.17) is 0 Å². The minimum Gasteiger partial charge on any atom is -0.306 e. The monoisotopic (exact) mass is 297 g/mol. The van der Waals surface area contributed by atoms with Crippen LogP contribution in [0.4, 0.5) is 0 Å². The minimum absolute atomic E-state index is 0.00592. The van der Waals surface area contributed by atoms with Gasteiger partial charge in [0.1, 0.15) is 0 Å². The molecule has 6 nitrogen and oxygen atoms in total. The average Bonchev–Trinajstić information content (AvgIpc) is 3.24. The summed E-state index contributed by atoms with van der Waals surface area (Å²) >= 11 is 0. The average molecular weight is 297 g/mol. The molecule has 0 unspecified atom stereocenters. The molecule has 0 aliphatic carbocycles. The van der Waals surface area contributed by atoms with E-state index in [1.165, 1.54) is 0 Å². The number of aromatic nitrogens is 2. The number of hydrogen-bond donors (Lipinski definition) is 1. The zero-order valence-corrected chi connectivity index (χ0v) is 12.4. The van der Waals surface area contributed by atoms with Gasteiger partial charge in [-0.1, -0.05) is 30.3 Å². The molecule has 2 heterocycles. The van der Waals surface area contributed by atoms with Crippen molar-refractivity contribution in [3.05, 3.63) is 54.4 Å². The first-order valence-electron chi connectivity index (χ1n) is 7.44. The fourth-order valence-corrected chi connectivity index (χ4v) is 2.38. The third-order valence-corrected chi connectivity index (χ3v) is 3.55. The molecule has 0 atom stereocenters. The van der Waals surface area contributed by atoms with Gasteiger partial charge in [0.2, 0.25) is 0 Å². The first-order valence-corrected chi connectivity index (χ1v) is 7.44. The van der Waals surface area contributed by atoms with Gasteiger partial charge in [0.25, 0.3) is 5.91 Å². The van der Waals surface area contributed by atoms with Crippen molar-refractivity contribution in [2.45, 2.75) is 13.0 Å². The third-order valence-electron chi connectivity index (χ3n) is 3.55. The highest BCUT2D eigenvalue weighted by atomic mass is 16.2. The second-order valence-corrected chi connectivity index (χ2v) is 5.13. The van der Waals surface area contributed by atoms with Crippen molar-refractivity contribution in [3.8, 4) is 0 Å². The Balaban J connectivity index is 1.46. The summed E-state index contributed by atoms with van der Waals surface area (Å²) in [5.41, 5.74) is 2.06. The van der Waals surface area contributed by atoms with E-state index in [-0.39, 0.29) is 5.91 Å². The number of hydrogen-bond acceptors (Lipinski definition) is 4. The molecule has 0 bridgehead atoms. The summed E-state index contributed by atoms with van der Waals surface area (Å²) in [5.74, 6) is 0.00592. The summed E-state index contributed by atoms with van der Waals surface area (Å²) in [6, 6.07) is 11.9. The fourth-order valence-electron chi connectivity index (χ4n) is 2.38. The van der Waals surface area contributed by atoms with E-state index in [1.807, 2.05) is 47.3 Å². The first kappa shape index (κ1) is 14.5. The maximum Gasteiger partial charge on any atom is 0.256 e. The van der Waals surface area contributed by atoms with Crippen LogP contribution in [0.3, 0.4) is 0 Å². The normalized spacial score (nSPS) is 14.2. The molecule has 1 aliphatic rings. The van der Waals surface area contributed by atoms with Crippen LogP contribution in [0, 0.1) is 0 Å². The number of amides is 1. The third kappa shape index (κ3) is 3.59. The largest absolute Gasteiger partial charge is 0.306 e. The van der Waals surface area contributed by atoms with Crippen molar-refractivity contribution in [3.63, 3.8) is 0 Å². The molecule has 0 radical (unpaired) electrons. The highest BCUT2D eigenvalue weighted by Gasteiger charge is 2.20. The van der Waals surface area contributed by atoms with Crippen LogP contribution in [0.5, 0.6) is 0 Å². The van der Waals surface area contributed by atoms with Crippen LogP contribution >= 0.6 is 0 Å². The standard InChI is InChI=1S/C16H19N5O/c22-16(13-17-9-12-20-10-4-8-18-20)21-11-7-15(19-21)14-5-2-1-3-6-14/h1-6,8,10,17H,7,9,11-13H2. The van der Waals surface area contributed by atoms with Gasteiger partial charge in [0.05, 0.1) is 25.3 Å². The highest BCUT2D eigenvalue weighted by molar-refractivity contribution is 6.02. The molecule has 1 aromatic carbocycles. The van der Waals surface area contributed by atoms with Crippen LogP contribution in [0.15, 0.2) is 53.9 Å². The van der Waals surface area contributed by atoms with Gasteiger partial charge in [-0.05, 0) is 11.6 Å². The summed E-state index contributed by atoms with van der Waals surface area (Å²) in [6.07, 6.45) is 4.46. The topological polar surface area (TPSA) is 62.5 Å². The molecule has 0 fully saturated rings. The number of nitrogens with zero attached hydrogens (tertiary/aromatic N) is 4. The van der Waals surface area contributed by atoms with Gasteiger partial charge in [0.15, 0.2) is 0 Å². The van der Waals surface area contributed by atoms with E-state index in [1.54, 1.807) is 11.2 Å².